The molecule has 4 N–H and O–H groups in total. The summed E-state index contributed by atoms with van der Waals surface area (Å²) in [5.41, 5.74) is 5.95. The largest absolute Gasteiger partial charge is 0.326 e. The molecule has 0 bridgehead atoms. The van der Waals surface area contributed by atoms with Gasteiger partial charge in [-0.2, -0.15) is 5.10 Å². The molecule has 0 heterocycles. The van der Waals surface area contributed by atoms with Gasteiger partial charge >= 0.3 is 0 Å². The molecule has 0 unspecified atom stereocenters. The van der Waals surface area contributed by atoms with Crippen LogP contribution < -0.4 is 11.6 Å². The first kappa shape index (κ1) is 10.3. The van der Waals surface area contributed by atoms with Crippen molar-refractivity contribution in [3.8, 4) is 0 Å². The zero-order valence-electron chi connectivity index (χ0n) is 7.57. The third kappa shape index (κ3) is 1.77. The predicted octanol–water partition coefficient (Wildman–Crippen LogP) is 0.605. The van der Waals surface area contributed by atoms with Crippen LogP contribution in [0.3, 0.4) is 0 Å². The zero-order valence-corrected chi connectivity index (χ0v) is 7.57. The summed E-state index contributed by atoms with van der Waals surface area (Å²) in [7, 11) is 0. The van der Waals surface area contributed by atoms with Crippen molar-refractivity contribution in [2.75, 3.05) is 0 Å². The van der Waals surface area contributed by atoms with Gasteiger partial charge in [-0.05, 0) is 12.8 Å². The van der Waals surface area contributed by atoms with Crippen LogP contribution in [0.25, 0.3) is 0 Å². The molecular formula is C9H11FN4. The second kappa shape index (κ2) is 4.48. The van der Waals surface area contributed by atoms with Crippen LogP contribution >= 0.6 is 0 Å². The van der Waals surface area contributed by atoms with Gasteiger partial charge in [-0.3, -0.25) is 0 Å². The van der Waals surface area contributed by atoms with Gasteiger partial charge < -0.3 is 11.6 Å². The molecule has 0 aliphatic carbocycles. The minimum Gasteiger partial charge on any atom is -0.326 e. The smallest absolute Gasteiger partial charge is 0.181 e. The molecule has 14 heavy (non-hydrogen) atoms. The van der Waals surface area contributed by atoms with Crippen LogP contribution in [0.1, 0.15) is 11.1 Å². The van der Waals surface area contributed by atoms with Gasteiger partial charge in [0.1, 0.15) is 5.82 Å². The Hall–Kier alpha value is -1.75. The number of nitrogens with zero attached hydrogens (tertiary/aromatic N) is 2. The maximum Gasteiger partial charge on any atom is 0.181 e. The van der Waals surface area contributed by atoms with Crippen molar-refractivity contribution in [3.05, 3.63) is 35.1 Å². The molecule has 0 aliphatic rings. The van der Waals surface area contributed by atoms with E-state index < -0.39 is 5.82 Å². The van der Waals surface area contributed by atoms with Crippen molar-refractivity contribution < 1.29 is 4.39 Å². The van der Waals surface area contributed by atoms with Crippen LogP contribution in [-0.2, 0) is 6.54 Å². The van der Waals surface area contributed by atoms with Gasteiger partial charge in [-0.25, -0.2) is 9.38 Å². The van der Waals surface area contributed by atoms with E-state index in [0.29, 0.717) is 5.56 Å². The number of aliphatic imine (C=N–C) groups is 1. The SMILES string of the molecule is C=N/C(=N\N)c1cccc(CN)c1F. The van der Waals surface area contributed by atoms with E-state index >= 15 is 0 Å². The molecule has 74 valence electrons. The molecule has 0 amide bonds. The molecule has 0 fully saturated rings. The first-order chi connectivity index (χ1) is 6.74. The fraction of sp³-hybridized carbons (Fsp3) is 0.111. The van der Waals surface area contributed by atoms with Crippen molar-refractivity contribution in [1.82, 2.24) is 0 Å². The number of hydrazone groups is 1. The molecule has 0 atom stereocenters. The molecular weight excluding hydrogens is 183 g/mol. The Labute approximate surface area is 81.1 Å². The Morgan fingerprint density at radius 1 is 1.50 bits per heavy atom. The van der Waals surface area contributed by atoms with E-state index in [9.17, 15) is 4.39 Å². The Morgan fingerprint density at radius 3 is 2.71 bits per heavy atom. The number of hydrogen-bond donors (Lipinski definition) is 2. The molecule has 0 radical (unpaired) electrons. The Kier molecular flexibility index (Phi) is 3.30. The first-order valence-corrected chi connectivity index (χ1v) is 3.97. The Bertz CT molecular complexity index is 373. The molecule has 4 nitrogen and oxygen atoms in total. The number of hydrogen-bond acceptors (Lipinski definition) is 3. The number of halogens is 1. The van der Waals surface area contributed by atoms with Gasteiger partial charge in [0.15, 0.2) is 5.84 Å². The maximum atomic E-state index is 13.6. The van der Waals surface area contributed by atoms with E-state index in [1.807, 2.05) is 0 Å². The molecule has 0 saturated heterocycles. The minimum atomic E-state index is -0.452. The molecule has 5 heteroatoms. The summed E-state index contributed by atoms with van der Waals surface area (Å²) in [6.07, 6.45) is 0. The average molecular weight is 194 g/mol. The van der Waals surface area contributed by atoms with Crippen molar-refractivity contribution in [1.29, 1.82) is 0 Å². The molecule has 0 spiro atoms. The van der Waals surface area contributed by atoms with E-state index in [1.54, 1.807) is 12.1 Å². The Balaban J connectivity index is 3.28. The minimum absolute atomic E-state index is 0.0674. The normalized spacial score (nSPS) is 11.4. The Morgan fingerprint density at radius 2 is 2.21 bits per heavy atom. The average Bonchev–Trinajstić information content (AvgIpc) is 2.22. The van der Waals surface area contributed by atoms with Crippen LogP contribution in [0.2, 0.25) is 0 Å². The van der Waals surface area contributed by atoms with Gasteiger partial charge in [0.2, 0.25) is 0 Å². The van der Waals surface area contributed by atoms with E-state index in [1.165, 1.54) is 6.07 Å². The summed E-state index contributed by atoms with van der Waals surface area (Å²) < 4.78 is 13.6. The van der Waals surface area contributed by atoms with Crippen molar-refractivity contribution in [2.24, 2.45) is 21.7 Å². The summed E-state index contributed by atoms with van der Waals surface area (Å²) >= 11 is 0. The van der Waals surface area contributed by atoms with Crippen molar-refractivity contribution in [2.45, 2.75) is 6.54 Å². The van der Waals surface area contributed by atoms with Gasteiger partial charge in [0.25, 0.3) is 0 Å². The molecule has 0 aromatic heterocycles. The lowest BCUT2D eigenvalue weighted by Gasteiger charge is -2.04. The summed E-state index contributed by atoms with van der Waals surface area (Å²) in [4.78, 5) is 3.51. The highest BCUT2D eigenvalue weighted by atomic mass is 19.1. The van der Waals surface area contributed by atoms with Crippen molar-refractivity contribution >= 4 is 12.6 Å². The van der Waals surface area contributed by atoms with Crippen LogP contribution in [0.5, 0.6) is 0 Å². The summed E-state index contributed by atoms with van der Waals surface area (Å²) in [5, 5.41) is 3.32. The maximum absolute atomic E-state index is 13.6. The zero-order chi connectivity index (χ0) is 10.6. The quantitative estimate of drug-likeness (QED) is 0.313. The number of rotatable bonds is 2. The van der Waals surface area contributed by atoms with Gasteiger partial charge in [0, 0.05) is 12.1 Å². The molecule has 0 saturated carbocycles. The predicted molar refractivity (Wildman–Crippen MR) is 54.6 cm³/mol. The molecule has 1 aromatic rings. The number of nitrogens with two attached hydrogens (primary N) is 2. The summed E-state index contributed by atoms with van der Waals surface area (Å²) in [5.74, 6) is 4.65. The van der Waals surface area contributed by atoms with E-state index in [-0.39, 0.29) is 17.9 Å². The lowest BCUT2D eigenvalue weighted by atomic mass is 10.1. The molecule has 1 aromatic carbocycles. The monoisotopic (exact) mass is 194 g/mol. The summed E-state index contributed by atoms with van der Waals surface area (Å²) in [6.45, 7) is 3.37. The van der Waals surface area contributed by atoms with Crippen LogP contribution in [0.15, 0.2) is 28.3 Å². The van der Waals surface area contributed by atoms with E-state index in [4.69, 9.17) is 11.6 Å². The fourth-order valence-electron chi connectivity index (χ4n) is 1.11. The fourth-order valence-corrected chi connectivity index (χ4v) is 1.11. The highest BCUT2D eigenvalue weighted by Crippen LogP contribution is 2.13. The van der Waals surface area contributed by atoms with Gasteiger partial charge in [-0.1, -0.05) is 12.1 Å². The van der Waals surface area contributed by atoms with Crippen LogP contribution in [0, 0.1) is 5.82 Å². The topological polar surface area (TPSA) is 76.8 Å². The molecule has 0 aliphatic heterocycles. The van der Waals surface area contributed by atoms with Gasteiger partial charge in [0.05, 0.1) is 5.56 Å². The first-order valence-electron chi connectivity index (χ1n) is 3.97. The van der Waals surface area contributed by atoms with E-state index in [2.05, 4.69) is 16.8 Å². The second-order valence-electron chi connectivity index (χ2n) is 2.59. The van der Waals surface area contributed by atoms with Gasteiger partial charge in [-0.15, -0.1) is 0 Å². The van der Waals surface area contributed by atoms with Crippen molar-refractivity contribution in [3.63, 3.8) is 0 Å². The second-order valence-corrected chi connectivity index (χ2v) is 2.59. The lowest BCUT2D eigenvalue weighted by molar-refractivity contribution is 0.608. The lowest BCUT2D eigenvalue weighted by Crippen LogP contribution is -2.08. The number of amidine groups is 1. The molecule has 1 rings (SSSR count). The van der Waals surface area contributed by atoms with E-state index in [0.717, 1.165) is 0 Å². The van der Waals surface area contributed by atoms with Crippen LogP contribution in [-0.4, -0.2) is 12.6 Å². The highest BCUT2D eigenvalue weighted by Gasteiger charge is 2.10. The van der Waals surface area contributed by atoms with Crippen LogP contribution in [0.4, 0.5) is 4.39 Å². The third-order valence-corrected chi connectivity index (χ3v) is 1.81. The summed E-state index contributed by atoms with van der Waals surface area (Å²) in [6, 6.07) is 4.78. The standard InChI is InChI=1S/C9H11FN4/c1-13-9(14-12)7-4-2-3-6(5-11)8(7)10/h2-4H,1,5,11-12H2/b14-9-. The highest BCUT2D eigenvalue weighted by molar-refractivity contribution is 6.01. The third-order valence-electron chi connectivity index (χ3n) is 1.81. The number of benzene rings is 1.